The first-order valence-electron chi connectivity index (χ1n) is 2.07. The van der Waals surface area contributed by atoms with E-state index >= 15 is 0 Å². The highest BCUT2D eigenvalue weighted by Gasteiger charge is 1.98. The van der Waals surface area contributed by atoms with Crippen molar-refractivity contribution in [1.29, 1.82) is 0 Å². The Labute approximate surface area is 56.7 Å². The van der Waals surface area contributed by atoms with Crippen LogP contribution in [0.3, 0.4) is 0 Å². The van der Waals surface area contributed by atoms with Crippen LogP contribution in [0.5, 0.6) is 0 Å². The quantitative estimate of drug-likeness (QED) is 0.599. The van der Waals surface area contributed by atoms with Crippen LogP contribution in [0.4, 0.5) is 0 Å². The maximum absolute atomic E-state index is 10.3. The summed E-state index contributed by atoms with van der Waals surface area (Å²) in [5.74, 6) is -0.271. The van der Waals surface area contributed by atoms with Crippen LogP contribution in [0.25, 0.3) is 0 Å². The third kappa shape index (κ3) is 3.87. The molecule has 8 heavy (non-hydrogen) atoms. The average Bonchev–Trinajstić information content (AvgIpc) is 1.65. The Bertz CT molecular complexity index is 109. The van der Waals surface area contributed by atoms with Gasteiger partial charge in [-0.1, -0.05) is 22.5 Å². The maximum atomic E-state index is 10.3. The van der Waals surface area contributed by atoms with E-state index in [-0.39, 0.29) is 12.4 Å². The molecule has 0 saturated heterocycles. The zero-order valence-corrected chi connectivity index (χ0v) is 6.19. The Hall–Kier alpha value is -0.310. The topological polar surface area (TPSA) is 26.3 Å². The van der Waals surface area contributed by atoms with E-state index in [1.807, 2.05) is 0 Å². The van der Waals surface area contributed by atoms with Crippen molar-refractivity contribution < 1.29 is 9.53 Å². The number of rotatable bonds is 2. The standard InChI is InChI=1S/C5H7BrO2/c1-4(6)3-5(7)8-2/h1,3H2,2H3. The van der Waals surface area contributed by atoms with Crippen LogP contribution in [0.15, 0.2) is 11.1 Å². The summed E-state index contributed by atoms with van der Waals surface area (Å²) in [5, 5.41) is 0. The average molecular weight is 179 g/mol. The summed E-state index contributed by atoms with van der Waals surface area (Å²) in [5.41, 5.74) is 0. The molecule has 0 aromatic carbocycles. The molecule has 0 aliphatic rings. The molecule has 2 nitrogen and oxygen atoms in total. The van der Waals surface area contributed by atoms with Crippen LogP contribution in [-0.2, 0) is 9.53 Å². The molecule has 0 fully saturated rings. The van der Waals surface area contributed by atoms with Crippen molar-refractivity contribution in [1.82, 2.24) is 0 Å². The second kappa shape index (κ2) is 3.66. The molecule has 0 N–H and O–H groups in total. The predicted molar refractivity (Wildman–Crippen MR) is 34.7 cm³/mol. The summed E-state index contributed by atoms with van der Waals surface area (Å²) < 4.78 is 4.97. The van der Waals surface area contributed by atoms with Crippen molar-refractivity contribution in [3.63, 3.8) is 0 Å². The van der Waals surface area contributed by atoms with Gasteiger partial charge in [0.15, 0.2) is 0 Å². The second-order valence-corrected chi connectivity index (χ2v) is 2.39. The van der Waals surface area contributed by atoms with Gasteiger partial charge in [-0.05, 0) is 4.48 Å². The number of hydrogen-bond donors (Lipinski definition) is 0. The van der Waals surface area contributed by atoms with Gasteiger partial charge < -0.3 is 4.74 Å². The van der Waals surface area contributed by atoms with Gasteiger partial charge in [0.25, 0.3) is 0 Å². The van der Waals surface area contributed by atoms with Crippen LogP contribution in [0.2, 0.25) is 0 Å². The van der Waals surface area contributed by atoms with Gasteiger partial charge in [0.1, 0.15) is 0 Å². The molecule has 0 aromatic rings. The molecule has 0 atom stereocenters. The number of carbonyl (C=O) groups is 1. The summed E-state index contributed by atoms with van der Waals surface area (Å²) in [7, 11) is 1.35. The van der Waals surface area contributed by atoms with Gasteiger partial charge in [0, 0.05) is 0 Å². The van der Waals surface area contributed by atoms with E-state index in [1.165, 1.54) is 7.11 Å². The van der Waals surface area contributed by atoms with E-state index in [4.69, 9.17) is 0 Å². The normalized spacial score (nSPS) is 8.25. The molecule has 0 radical (unpaired) electrons. The minimum absolute atomic E-state index is 0.247. The van der Waals surface area contributed by atoms with E-state index in [1.54, 1.807) is 0 Å². The van der Waals surface area contributed by atoms with Crippen molar-refractivity contribution >= 4 is 21.9 Å². The van der Waals surface area contributed by atoms with E-state index in [0.29, 0.717) is 4.48 Å². The summed E-state index contributed by atoms with van der Waals surface area (Å²) in [4.78, 5) is 10.3. The fourth-order valence-corrected chi connectivity index (χ4v) is 0.458. The van der Waals surface area contributed by atoms with Crippen molar-refractivity contribution in [2.45, 2.75) is 6.42 Å². The van der Waals surface area contributed by atoms with Crippen molar-refractivity contribution in [3.05, 3.63) is 11.1 Å². The molecule has 0 bridgehead atoms. The third-order valence-electron chi connectivity index (χ3n) is 0.564. The van der Waals surface area contributed by atoms with Crippen LogP contribution < -0.4 is 0 Å². The number of carbonyl (C=O) groups excluding carboxylic acids is 1. The van der Waals surface area contributed by atoms with E-state index in [0.717, 1.165) is 0 Å². The fraction of sp³-hybridized carbons (Fsp3) is 0.400. The lowest BCUT2D eigenvalue weighted by molar-refractivity contribution is -0.139. The Balaban J connectivity index is 3.40. The SMILES string of the molecule is C=C(Br)CC(=O)OC. The number of hydrogen-bond acceptors (Lipinski definition) is 2. The van der Waals surface area contributed by atoms with Gasteiger partial charge in [-0.25, -0.2) is 0 Å². The molecule has 0 aliphatic carbocycles. The first-order chi connectivity index (χ1) is 3.66. The summed E-state index contributed by atoms with van der Waals surface area (Å²) >= 11 is 3.02. The van der Waals surface area contributed by atoms with Crippen LogP contribution in [-0.4, -0.2) is 13.1 Å². The van der Waals surface area contributed by atoms with Crippen LogP contribution in [0, 0.1) is 0 Å². The lowest BCUT2D eigenvalue weighted by Gasteiger charge is -1.93. The number of methoxy groups -OCH3 is 1. The largest absolute Gasteiger partial charge is 0.469 e. The molecule has 0 rings (SSSR count). The minimum atomic E-state index is -0.271. The minimum Gasteiger partial charge on any atom is -0.469 e. The predicted octanol–water partition coefficient (Wildman–Crippen LogP) is 1.46. The van der Waals surface area contributed by atoms with Gasteiger partial charge in [-0.3, -0.25) is 4.79 Å². The third-order valence-corrected chi connectivity index (χ3v) is 0.844. The highest BCUT2D eigenvalue weighted by atomic mass is 79.9. The fourth-order valence-electron chi connectivity index (χ4n) is 0.229. The molecule has 0 aliphatic heterocycles. The van der Waals surface area contributed by atoms with E-state index < -0.39 is 0 Å². The smallest absolute Gasteiger partial charge is 0.310 e. The lowest BCUT2D eigenvalue weighted by Crippen LogP contribution is -1.98. The second-order valence-electron chi connectivity index (χ2n) is 1.27. The Morgan fingerprint density at radius 1 is 1.88 bits per heavy atom. The van der Waals surface area contributed by atoms with E-state index in [9.17, 15) is 4.79 Å². The molecule has 0 unspecified atom stereocenters. The monoisotopic (exact) mass is 178 g/mol. The zero-order valence-electron chi connectivity index (χ0n) is 4.61. The molecular weight excluding hydrogens is 172 g/mol. The molecule has 0 amide bonds. The van der Waals surface area contributed by atoms with Crippen molar-refractivity contribution in [3.8, 4) is 0 Å². The Morgan fingerprint density at radius 2 is 2.38 bits per heavy atom. The Kier molecular flexibility index (Phi) is 3.52. The number of halogens is 1. The number of ether oxygens (including phenoxy) is 1. The van der Waals surface area contributed by atoms with Gasteiger partial charge in [0.2, 0.25) is 0 Å². The van der Waals surface area contributed by atoms with E-state index in [2.05, 4.69) is 27.2 Å². The molecule has 0 heterocycles. The van der Waals surface area contributed by atoms with Crippen molar-refractivity contribution in [2.75, 3.05) is 7.11 Å². The van der Waals surface area contributed by atoms with Gasteiger partial charge in [-0.2, -0.15) is 0 Å². The zero-order chi connectivity index (χ0) is 6.57. The highest BCUT2D eigenvalue weighted by Crippen LogP contribution is 2.05. The van der Waals surface area contributed by atoms with Gasteiger partial charge in [0.05, 0.1) is 13.5 Å². The summed E-state index contributed by atoms with van der Waals surface area (Å²) in [6.45, 7) is 3.46. The number of esters is 1. The molecular formula is C5H7BrO2. The van der Waals surface area contributed by atoms with Gasteiger partial charge in [-0.15, -0.1) is 0 Å². The molecule has 0 spiro atoms. The molecule has 0 saturated carbocycles. The lowest BCUT2D eigenvalue weighted by atomic mass is 10.4. The first kappa shape index (κ1) is 7.69. The molecule has 0 aromatic heterocycles. The maximum Gasteiger partial charge on any atom is 0.310 e. The van der Waals surface area contributed by atoms with Crippen LogP contribution >= 0.6 is 15.9 Å². The molecule has 46 valence electrons. The van der Waals surface area contributed by atoms with Gasteiger partial charge >= 0.3 is 5.97 Å². The Morgan fingerprint density at radius 3 is 2.50 bits per heavy atom. The van der Waals surface area contributed by atoms with Crippen LogP contribution in [0.1, 0.15) is 6.42 Å². The summed E-state index contributed by atoms with van der Waals surface area (Å²) in [6, 6.07) is 0. The summed E-state index contributed by atoms with van der Waals surface area (Å²) in [6.07, 6.45) is 0.247. The van der Waals surface area contributed by atoms with Crippen molar-refractivity contribution in [2.24, 2.45) is 0 Å². The first-order valence-corrected chi connectivity index (χ1v) is 2.86. The highest BCUT2D eigenvalue weighted by molar-refractivity contribution is 9.11. The molecule has 3 heteroatoms.